The van der Waals surface area contributed by atoms with Gasteiger partial charge in [-0.15, -0.1) is 0 Å². The lowest BCUT2D eigenvalue weighted by molar-refractivity contribution is 0.346. The predicted molar refractivity (Wildman–Crippen MR) is 59.9 cm³/mol. The fourth-order valence-corrected chi connectivity index (χ4v) is 2.43. The number of hydrogen-bond acceptors (Lipinski definition) is 1. The topological polar surface area (TPSA) is 26.0 Å². The van der Waals surface area contributed by atoms with Crippen LogP contribution >= 0.6 is 0 Å². The summed E-state index contributed by atoms with van der Waals surface area (Å²) in [6, 6.07) is 6.81. The normalized spacial score (nSPS) is 20.1. The lowest BCUT2D eigenvalue weighted by atomic mass is 9.69. The second kappa shape index (κ2) is 4.31. The van der Waals surface area contributed by atoms with Crippen LogP contribution in [0.2, 0.25) is 0 Å². The Hall–Kier alpha value is -0.890. The van der Waals surface area contributed by atoms with Crippen molar-refractivity contribution in [3.05, 3.63) is 42.1 Å². The zero-order valence-corrected chi connectivity index (χ0v) is 8.88. The first kappa shape index (κ1) is 10.6. The molecule has 1 nitrogen and oxygen atoms in total. The summed E-state index contributed by atoms with van der Waals surface area (Å²) in [5.74, 6) is -0.175. The molecule has 2 rings (SSSR count). The molecule has 0 bridgehead atoms. The van der Waals surface area contributed by atoms with E-state index in [0.717, 1.165) is 12.8 Å². The van der Waals surface area contributed by atoms with E-state index in [0.29, 0.717) is 6.54 Å². The van der Waals surface area contributed by atoms with E-state index in [1.165, 1.54) is 30.5 Å². The highest BCUT2D eigenvalue weighted by Gasteiger charge is 2.32. The van der Waals surface area contributed by atoms with Gasteiger partial charge in [-0.2, -0.15) is 0 Å². The minimum Gasteiger partial charge on any atom is -0.330 e. The Bertz CT molecular complexity index is 312. The van der Waals surface area contributed by atoms with Crippen LogP contribution in [0.4, 0.5) is 4.39 Å². The summed E-state index contributed by atoms with van der Waals surface area (Å²) in [5.41, 5.74) is 7.14. The SMILES string of the molecule is NCC1(c2ccc(F)cc2)C[CH]CCC1. The Balaban J connectivity index is 2.28. The van der Waals surface area contributed by atoms with Crippen molar-refractivity contribution in [2.75, 3.05) is 6.54 Å². The quantitative estimate of drug-likeness (QED) is 0.791. The molecule has 1 atom stereocenters. The molecule has 2 N–H and O–H groups in total. The molecular weight excluding hydrogens is 189 g/mol. The molecule has 1 aliphatic carbocycles. The van der Waals surface area contributed by atoms with Gasteiger partial charge in [-0.05, 0) is 37.0 Å². The molecule has 1 aromatic rings. The molecule has 0 aromatic heterocycles. The highest BCUT2D eigenvalue weighted by molar-refractivity contribution is 5.28. The van der Waals surface area contributed by atoms with Gasteiger partial charge >= 0.3 is 0 Å². The molecule has 1 radical (unpaired) electrons. The predicted octanol–water partition coefficient (Wildman–Crippen LogP) is 2.80. The third-order valence-electron chi connectivity index (χ3n) is 3.45. The van der Waals surface area contributed by atoms with Gasteiger partial charge in [-0.3, -0.25) is 0 Å². The fraction of sp³-hybridized carbons (Fsp3) is 0.462. The second-order valence-electron chi connectivity index (χ2n) is 4.38. The maximum Gasteiger partial charge on any atom is 0.123 e. The van der Waals surface area contributed by atoms with Gasteiger partial charge in [0.1, 0.15) is 5.82 Å². The monoisotopic (exact) mass is 206 g/mol. The molecule has 0 amide bonds. The molecule has 1 unspecified atom stereocenters. The van der Waals surface area contributed by atoms with Crippen LogP contribution in [-0.2, 0) is 5.41 Å². The summed E-state index contributed by atoms with van der Waals surface area (Å²) in [6.07, 6.45) is 6.82. The molecule has 1 aromatic carbocycles. The lowest BCUT2D eigenvalue weighted by Crippen LogP contribution is -2.37. The minimum atomic E-state index is -0.175. The number of rotatable bonds is 2. The van der Waals surface area contributed by atoms with Crippen molar-refractivity contribution in [1.29, 1.82) is 0 Å². The van der Waals surface area contributed by atoms with Gasteiger partial charge in [0.05, 0.1) is 0 Å². The van der Waals surface area contributed by atoms with Crippen molar-refractivity contribution >= 4 is 0 Å². The van der Waals surface area contributed by atoms with Crippen LogP contribution in [0.5, 0.6) is 0 Å². The van der Waals surface area contributed by atoms with Gasteiger partial charge in [0.2, 0.25) is 0 Å². The standard InChI is InChI=1S/C13H17FN/c14-12-6-4-11(5-7-12)13(10-15)8-2-1-3-9-13/h2,4-7H,1,3,8-10,15H2. The van der Waals surface area contributed by atoms with E-state index in [2.05, 4.69) is 6.42 Å². The third kappa shape index (κ3) is 2.05. The van der Waals surface area contributed by atoms with E-state index in [9.17, 15) is 4.39 Å². The van der Waals surface area contributed by atoms with E-state index in [-0.39, 0.29) is 11.2 Å². The van der Waals surface area contributed by atoms with Crippen LogP contribution in [0.3, 0.4) is 0 Å². The van der Waals surface area contributed by atoms with Crippen molar-refractivity contribution in [3.8, 4) is 0 Å². The number of nitrogens with two attached hydrogens (primary N) is 1. The Labute approximate surface area is 90.5 Å². The zero-order valence-electron chi connectivity index (χ0n) is 8.88. The second-order valence-corrected chi connectivity index (χ2v) is 4.38. The van der Waals surface area contributed by atoms with Gasteiger partial charge in [-0.1, -0.05) is 25.0 Å². The summed E-state index contributed by atoms with van der Waals surface area (Å²) < 4.78 is 12.8. The van der Waals surface area contributed by atoms with Gasteiger partial charge < -0.3 is 5.73 Å². The summed E-state index contributed by atoms with van der Waals surface area (Å²) in [6.45, 7) is 0.648. The van der Waals surface area contributed by atoms with E-state index in [1.807, 2.05) is 12.1 Å². The highest BCUT2D eigenvalue weighted by Crippen LogP contribution is 2.38. The van der Waals surface area contributed by atoms with Crippen molar-refractivity contribution in [2.24, 2.45) is 5.73 Å². The smallest absolute Gasteiger partial charge is 0.123 e. The minimum absolute atomic E-state index is 0.0615. The largest absolute Gasteiger partial charge is 0.330 e. The Morgan fingerprint density at radius 1 is 1.27 bits per heavy atom. The molecule has 0 heterocycles. The Morgan fingerprint density at radius 2 is 2.00 bits per heavy atom. The maximum absolute atomic E-state index is 12.8. The van der Waals surface area contributed by atoms with Crippen LogP contribution in [-0.4, -0.2) is 6.54 Å². The van der Waals surface area contributed by atoms with Crippen molar-refractivity contribution in [3.63, 3.8) is 0 Å². The summed E-state index contributed by atoms with van der Waals surface area (Å²) in [4.78, 5) is 0. The van der Waals surface area contributed by atoms with E-state index < -0.39 is 0 Å². The first-order valence-corrected chi connectivity index (χ1v) is 5.55. The number of hydrogen-bond donors (Lipinski definition) is 1. The Morgan fingerprint density at radius 3 is 2.53 bits per heavy atom. The average Bonchev–Trinajstić information content (AvgIpc) is 2.31. The summed E-state index contributed by atoms with van der Waals surface area (Å²) in [5, 5.41) is 0. The summed E-state index contributed by atoms with van der Waals surface area (Å²) in [7, 11) is 0. The molecule has 0 spiro atoms. The molecule has 15 heavy (non-hydrogen) atoms. The zero-order chi connectivity index (χ0) is 10.7. The highest BCUT2D eigenvalue weighted by atomic mass is 19.1. The van der Waals surface area contributed by atoms with Crippen molar-refractivity contribution in [1.82, 2.24) is 0 Å². The van der Waals surface area contributed by atoms with Gasteiger partial charge in [0.15, 0.2) is 0 Å². The molecule has 81 valence electrons. The number of benzene rings is 1. The number of halogens is 1. The van der Waals surface area contributed by atoms with Crippen LogP contribution < -0.4 is 5.73 Å². The first-order chi connectivity index (χ1) is 7.27. The molecule has 0 aliphatic heterocycles. The third-order valence-corrected chi connectivity index (χ3v) is 3.45. The van der Waals surface area contributed by atoms with Crippen LogP contribution in [0.25, 0.3) is 0 Å². The molecule has 1 fully saturated rings. The van der Waals surface area contributed by atoms with Crippen molar-refractivity contribution in [2.45, 2.75) is 31.1 Å². The van der Waals surface area contributed by atoms with Gasteiger partial charge in [0.25, 0.3) is 0 Å². The first-order valence-electron chi connectivity index (χ1n) is 5.55. The van der Waals surface area contributed by atoms with E-state index >= 15 is 0 Å². The van der Waals surface area contributed by atoms with E-state index in [1.54, 1.807) is 0 Å². The molecular formula is C13H17FN. The maximum atomic E-state index is 12.8. The molecule has 2 heteroatoms. The van der Waals surface area contributed by atoms with Gasteiger partial charge in [-0.25, -0.2) is 4.39 Å². The van der Waals surface area contributed by atoms with Gasteiger partial charge in [0, 0.05) is 12.0 Å². The fourth-order valence-electron chi connectivity index (χ4n) is 2.43. The Kier molecular flexibility index (Phi) is 3.06. The molecule has 1 aliphatic rings. The van der Waals surface area contributed by atoms with Crippen LogP contribution in [0, 0.1) is 12.2 Å². The van der Waals surface area contributed by atoms with Crippen LogP contribution in [0.1, 0.15) is 31.2 Å². The summed E-state index contributed by atoms with van der Waals surface area (Å²) >= 11 is 0. The average molecular weight is 206 g/mol. The molecule has 0 saturated heterocycles. The lowest BCUT2D eigenvalue weighted by Gasteiger charge is -2.36. The van der Waals surface area contributed by atoms with E-state index in [4.69, 9.17) is 5.73 Å². The van der Waals surface area contributed by atoms with Crippen molar-refractivity contribution < 1.29 is 4.39 Å². The molecule has 1 saturated carbocycles. The van der Waals surface area contributed by atoms with Crippen LogP contribution in [0.15, 0.2) is 24.3 Å².